The molecule has 0 aliphatic carbocycles. The molecule has 0 amide bonds. The Balaban J connectivity index is 2.71. The predicted molar refractivity (Wildman–Crippen MR) is 72.4 cm³/mol. The number of hydrogen-bond acceptors (Lipinski definition) is 3. The van der Waals surface area contributed by atoms with Gasteiger partial charge in [-0.05, 0) is 37.5 Å². The van der Waals surface area contributed by atoms with Crippen molar-refractivity contribution in [2.24, 2.45) is 0 Å². The quantitative estimate of drug-likeness (QED) is 0.749. The molecular formula is C12H18ClNO3S. The molecule has 1 atom stereocenters. The minimum absolute atomic E-state index is 0.0103. The lowest BCUT2D eigenvalue weighted by Gasteiger charge is -2.09. The van der Waals surface area contributed by atoms with Gasteiger partial charge < -0.3 is 5.11 Å². The Morgan fingerprint density at radius 2 is 1.94 bits per heavy atom. The van der Waals surface area contributed by atoms with E-state index < -0.39 is 16.1 Å². The lowest BCUT2D eigenvalue weighted by molar-refractivity contribution is 0.198. The summed E-state index contributed by atoms with van der Waals surface area (Å²) in [4.78, 5) is 0.206. The van der Waals surface area contributed by atoms with Gasteiger partial charge in [-0.2, -0.15) is 0 Å². The van der Waals surface area contributed by atoms with Crippen molar-refractivity contribution in [3.8, 4) is 0 Å². The topological polar surface area (TPSA) is 66.4 Å². The maximum absolute atomic E-state index is 11.8. The molecule has 1 rings (SSSR count). The molecule has 0 spiro atoms. The van der Waals surface area contributed by atoms with Gasteiger partial charge in [-0.15, -0.1) is 11.6 Å². The summed E-state index contributed by atoms with van der Waals surface area (Å²) in [6.07, 6.45) is 1.00. The first kappa shape index (κ1) is 15.4. The van der Waals surface area contributed by atoms with E-state index in [-0.39, 0.29) is 11.4 Å². The van der Waals surface area contributed by atoms with Gasteiger partial charge in [0.25, 0.3) is 0 Å². The van der Waals surface area contributed by atoms with Crippen LogP contribution in [-0.4, -0.2) is 32.1 Å². The predicted octanol–water partition coefficient (Wildman–Crippen LogP) is 1.52. The SMILES string of the molecule is CC(O)CNS(=O)(=O)c1ccc(CCCCl)cc1. The fourth-order valence-corrected chi connectivity index (χ4v) is 2.68. The van der Waals surface area contributed by atoms with Crippen molar-refractivity contribution in [3.63, 3.8) is 0 Å². The fraction of sp³-hybridized carbons (Fsp3) is 0.500. The summed E-state index contributed by atoms with van der Waals surface area (Å²) >= 11 is 5.60. The molecule has 0 radical (unpaired) electrons. The average molecular weight is 292 g/mol. The number of aliphatic hydroxyl groups is 1. The van der Waals surface area contributed by atoms with Crippen LogP contribution in [0.1, 0.15) is 18.9 Å². The minimum atomic E-state index is -3.53. The van der Waals surface area contributed by atoms with Crippen LogP contribution < -0.4 is 4.72 Å². The first-order valence-corrected chi connectivity index (χ1v) is 7.80. The number of aryl methyl sites for hydroxylation is 1. The molecule has 0 aromatic heterocycles. The fourth-order valence-electron chi connectivity index (χ4n) is 1.42. The van der Waals surface area contributed by atoms with E-state index in [0.29, 0.717) is 5.88 Å². The molecule has 4 nitrogen and oxygen atoms in total. The van der Waals surface area contributed by atoms with Crippen LogP contribution >= 0.6 is 11.6 Å². The number of hydrogen-bond donors (Lipinski definition) is 2. The zero-order valence-corrected chi connectivity index (χ0v) is 11.8. The Bertz CT molecular complexity index is 457. The molecule has 6 heteroatoms. The maximum Gasteiger partial charge on any atom is 0.240 e. The number of alkyl halides is 1. The summed E-state index contributed by atoms with van der Waals surface area (Å²) in [5.74, 6) is 0.593. The molecule has 18 heavy (non-hydrogen) atoms. The summed E-state index contributed by atoms with van der Waals surface area (Å²) in [6, 6.07) is 6.69. The van der Waals surface area contributed by atoms with E-state index in [2.05, 4.69) is 4.72 Å². The lowest BCUT2D eigenvalue weighted by Crippen LogP contribution is -2.30. The van der Waals surface area contributed by atoms with Crippen LogP contribution in [0, 0.1) is 0 Å². The van der Waals surface area contributed by atoms with Gasteiger partial charge in [0.05, 0.1) is 11.0 Å². The monoisotopic (exact) mass is 291 g/mol. The zero-order chi connectivity index (χ0) is 13.6. The molecule has 0 fully saturated rings. The third-order valence-electron chi connectivity index (χ3n) is 2.40. The molecule has 0 aliphatic heterocycles. The molecule has 102 valence electrons. The lowest BCUT2D eigenvalue weighted by atomic mass is 10.1. The van der Waals surface area contributed by atoms with Crippen molar-refractivity contribution in [2.75, 3.05) is 12.4 Å². The zero-order valence-electron chi connectivity index (χ0n) is 10.3. The maximum atomic E-state index is 11.8. The molecule has 0 saturated carbocycles. The van der Waals surface area contributed by atoms with Crippen LogP contribution in [0.15, 0.2) is 29.2 Å². The highest BCUT2D eigenvalue weighted by Gasteiger charge is 2.13. The van der Waals surface area contributed by atoms with Crippen LogP contribution in [0.2, 0.25) is 0 Å². The third-order valence-corrected chi connectivity index (χ3v) is 4.11. The Labute approximate surface area is 113 Å². The number of nitrogens with one attached hydrogen (secondary N) is 1. The first-order chi connectivity index (χ1) is 8.45. The number of benzene rings is 1. The molecule has 0 aliphatic rings. The van der Waals surface area contributed by atoms with Crippen molar-refractivity contribution < 1.29 is 13.5 Å². The van der Waals surface area contributed by atoms with E-state index in [1.807, 2.05) is 0 Å². The Morgan fingerprint density at radius 1 is 1.33 bits per heavy atom. The Morgan fingerprint density at radius 3 is 2.44 bits per heavy atom. The van der Waals surface area contributed by atoms with Gasteiger partial charge in [0.1, 0.15) is 0 Å². The van der Waals surface area contributed by atoms with Gasteiger partial charge in [-0.25, -0.2) is 13.1 Å². The highest BCUT2D eigenvalue weighted by atomic mass is 35.5. The second kappa shape index (κ2) is 7.09. The first-order valence-electron chi connectivity index (χ1n) is 5.78. The van der Waals surface area contributed by atoms with Gasteiger partial charge in [0.15, 0.2) is 0 Å². The molecule has 1 aromatic carbocycles. The molecule has 0 heterocycles. The van der Waals surface area contributed by atoms with Gasteiger partial charge >= 0.3 is 0 Å². The summed E-state index contributed by atoms with van der Waals surface area (Å²) in [6.45, 7) is 1.54. The molecular weight excluding hydrogens is 274 g/mol. The van der Waals surface area contributed by atoms with Crippen LogP contribution in [0.4, 0.5) is 0 Å². The minimum Gasteiger partial charge on any atom is -0.392 e. The van der Waals surface area contributed by atoms with Crippen LogP contribution in [0.25, 0.3) is 0 Å². The van der Waals surface area contributed by atoms with E-state index in [1.54, 1.807) is 24.3 Å². The van der Waals surface area contributed by atoms with E-state index >= 15 is 0 Å². The number of halogens is 1. The molecule has 2 N–H and O–H groups in total. The van der Waals surface area contributed by atoms with E-state index in [9.17, 15) is 8.42 Å². The van der Waals surface area contributed by atoms with Gasteiger partial charge in [-0.1, -0.05) is 12.1 Å². The second-order valence-corrected chi connectivity index (χ2v) is 6.28. The number of aliphatic hydroxyl groups excluding tert-OH is 1. The van der Waals surface area contributed by atoms with Crippen LogP contribution in [0.5, 0.6) is 0 Å². The smallest absolute Gasteiger partial charge is 0.240 e. The summed E-state index contributed by atoms with van der Waals surface area (Å²) in [5, 5.41) is 9.06. The molecule has 0 saturated heterocycles. The highest BCUT2D eigenvalue weighted by Crippen LogP contribution is 2.12. The summed E-state index contributed by atoms with van der Waals surface area (Å²) in [5.41, 5.74) is 1.06. The Hall–Kier alpha value is -0.620. The van der Waals surface area contributed by atoms with Gasteiger partial charge in [-0.3, -0.25) is 0 Å². The second-order valence-electron chi connectivity index (χ2n) is 4.14. The van der Waals surface area contributed by atoms with E-state index in [0.717, 1.165) is 18.4 Å². The normalized spacial score (nSPS) is 13.5. The van der Waals surface area contributed by atoms with Crippen LogP contribution in [-0.2, 0) is 16.4 Å². The van der Waals surface area contributed by atoms with Crippen molar-refractivity contribution in [1.29, 1.82) is 0 Å². The average Bonchev–Trinajstić information content (AvgIpc) is 2.34. The Kier molecular flexibility index (Phi) is 6.08. The molecule has 0 bridgehead atoms. The standard InChI is InChI=1S/C12H18ClNO3S/c1-10(15)9-14-18(16,17)12-6-4-11(5-7-12)3-2-8-13/h4-7,10,14-15H,2-3,8-9H2,1H3. The molecule has 1 unspecified atom stereocenters. The van der Waals surface area contributed by atoms with E-state index in [4.69, 9.17) is 16.7 Å². The van der Waals surface area contributed by atoms with Crippen molar-refractivity contribution >= 4 is 21.6 Å². The number of sulfonamides is 1. The van der Waals surface area contributed by atoms with Gasteiger partial charge in [0.2, 0.25) is 10.0 Å². The van der Waals surface area contributed by atoms with E-state index in [1.165, 1.54) is 6.92 Å². The van der Waals surface area contributed by atoms with Crippen molar-refractivity contribution in [2.45, 2.75) is 30.8 Å². The van der Waals surface area contributed by atoms with Crippen LogP contribution in [0.3, 0.4) is 0 Å². The highest BCUT2D eigenvalue weighted by molar-refractivity contribution is 7.89. The van der Waals surface area contributed by atoms with Crippen molar-refractivity contribution in [1.82, 2.24) is 4.72 Å². The third kappa shape index (κ3) is 4.94. The molecule has 1 aromatic rings. The largest absolute Gasteiger partial charge is 0.392 e. The van der Waals surface area contributed by atoms with Crippen molar-refractivity contribution in [3.05, 3.63) is 29.8 Å². The summed E-state index contributed by atoms with van der Waals surface area (Å²) < 4.78 is 26.0. The summed E-state index contributed by atoms with van der Waals surface area (Å²) in [7, 11) is -3.53. The van der Waals surface area contributed by atoms with Gasteiger partial charge in [0, 0.05) is 12.4 Å². The number of rotatable bonds is 7.